The fourth-order valence-corrected chi connectivity index (χ4v) is 2.24. The zero-order valence-electron chi connectivity index (χ0n) is 9.19. The molecule has 1 aliphatic carbocycles. The van der Waals surface area contributed by atoms with Crippen molar-refractivity contribution in [3.8, 4) is 0 Å². The molecule has 1 fully saturated rings. The standard InChI is InChI=1S/C11H16N2O3/c14-11(15)10-13-12-9(16-10)7-8-5-3-1-2-4-6-8/h8H,1-7H2,(H,14,15). The highest BCUT2D eigenvalue weighted by Gasteiger charge is 2.18. The van der Waals surface area contributed by atoms with Crippen molar-refractivity contribution in [1.82, 2.24) is 10.2 Å². The molecule has 0 radical (unpaired) electrons. The SMILES string of the molecule is O=C(O)c1nnc(CC2CCCCCC2)o1. The van der Waals surface area contributed by atoms with Crippen LogP contribution in [-0.2, 0) is 6.42 Å². The van der Waals surface area contributed by atoms with Crippen LogP contribution in [0.25, 0.3) is 0 Å². The van der Waals surface area contributed by atoms with Gasteiger partial charge in [0.2, 0.25) is 5.89 Å². The third-order valence-electron chi connectivity index (χ3n) is 3.09. The summed E-state index contributed by atoms with van der Waals surface area (Å²) in [5.74, 6) is -0.419. The molecule has 2 rings (SSSR count). The molecule has 1 N–H and O–H groups in total. The molecule has 1 heterocycles. The predicted molar refractivity (Wildman–Crippen MR) is 56.2 cm³/mol. The Bertz CT molecular complexity index is 354. The molecule has 5 heteroatoms. The van der Waals surface area contributed by atoms with E-state index in [0.717, 1.165) is 6.42 Å². The second kappa shape index (κ2) is 5.09. The van der Waals surface area contributed by atoms with E-state index in [-0.39, 0.29) is 5.89 Å². The molecule has 0 unspecified atom stereocenters. The lowest BCUT2D eigenvalue weighted by Crippen LogP contribution is -2.03. The molecule has 0 bridgehead atoms. The molecule has 88 valence electrons. The number of rotatable bonds is 3. The van der Waals surface area contributed by atoms with Crippen LogP contribution in [0.2, 0.25) is 0 Å². The molecular formula is C11H16N2O3. The van der Waals surface area contributed by atoms with Crippen molar-refractivity contribution in [1.29, 1.82) is 0 Å². The van der Waals surface area contributed by atoms with Gasteiger partial charge >= 0.3 is 11.9 Å². The number of aromatic nitrogens is 2. The first-order valence-electron chi connectivity index (χ1n) is 5.81. The van der Waals surface area contributed by atoms with E-state index in [9.17, 15) is 4.79 Å². The van der Waals surface area contributed by atoms with Crippen LogP contribution in [0, 0.1) is 5.92 Å². The van der Waals surface area contributed by atoms with Crippen LogP contribution in [-0.4, -0.2) is 21.3 Å². The minimum Gasteiger partial charge on any atom is -0.474 e. The van der Waals surface area contributed by atoms with Crippen molar-refractivity contribution < 1.29 is 14.3 Å². The molecule has 0 saturated heterocycles. The number of nitrogens with zero attached hydrogens (tertiary/aromatic N) is 2. The highest BCUT2D eigenvalue weighted by atomic mass is 16.4. The summed E-state index contributed by atoms with van der Waals surface area (Å²) in [6, 6.07) is 0. The average molecular weight is 224 g/mol. The number of hydrogen-bond acceptors (Lipinski definition) is 4. The van der Waals surface area contributed by atoms with Gasteiger partial charge in [0.15, 0.2) is 0 Å². The Hall–Kier alpha value is -1.39. The third-order valence-corrected chi connectivity index (χ3v) is 3.09. The Labute approximate surface area is 93.9 Å². The molecule has 0 atom stereocenters. The molecule has 0 amide bonds. The van der Waals surface area contributed by atoms with Crippen LogP contribution >= 0.6 is 0 Å². The van der Waals surface area contributed by atoms with Crippen molar-refractivity contribution in [2.45, 2.75) is 44.9 Å². The molecule has 1 aliphatic rings. The maximum atomic E-state index is 10.6. The fourth-order valence-electron chi connectivity index (χ4n) is 2.24. The van der Waals surface area contributed by atoms with Gasteiger partial charge < -0.3 is 9.52 Å². The Morgan fingerprint density at radius 1 is 1.25 bits per heavy atom. The van der Waals surface area contributed by atoms with Gasteiger partial charge in [0, 0.05) is 6.42 Å². The van der Waals surface area contributed by atoms with Crippen molar-refractivity contribution in [3.05, 3.63) is 11.8 Å². The maximum Gasteiger partial charge on any atom is 0.393 e. The molecular weight excluding hydrogens is 208 g/mol. The van der Waals surface area contributed by atoms with E-state index in [4.69, 9.17) is 9.52 Å². The lowest BCUT2D eigenvalue weighted by molar-refractivity contribution is 0.0651. The molecule has 1 aromatic heterocycles. The van der Waals surface area contributed by atoms with Gasteiger partial charge in [-0.05, 0) is 18.8 Å². The Balaban J connectivity index is 1.94. The second-order valence-corrected chi connectivity index (χ2v) is 4.37. The summed E-state index contributed by atoms with van der Waals surface area (Å²) < 4.78 is 5.07. The van der Waals surface area contributed by atoms with E-state index in [2.05, 4.69) is 10.2 Å². The van der Waals surface area contributed by atoms with Gasteiger partial charge in [-0.1, -0.05) is 25.7 Å². The normalized spacial score (nSPS) is 18.2. The first kappa shape index (κ1) is 11.1. The molecule has 5 nitrogen and oxygen atoms in total. The number of carboxylic acids is 1. The molecule has 0 aliphatic heterocycles. The highest BCUT2D eigenvalue weighted by molar-refractivity contribution is 5.81. The quantitative estimate of drug-likeness (QED) is 0.797. The summed E-state index contributed by atoms with van der Waals surface area (Å²) >= 11 is 0. The first-order valence-corrected chi connectivity index (χ1v) is 5.81. The predicted octanol–water partition coefficient (Wildman–Crippen LogP) is 2.28. The monoisotopic (exact) mass is 224 g/mol. The van der Waals surface area contributed by atoms with Crippen molar-refractivity contribution in [2.75, 3.05) is 0 Å². The molecule has 0 spiro atoms. The molecule has 1 aromatic rings. The number of carboxylic acid groups (broad SMARTS) is 1. The van der Waals surface area contributed by atoms with E-state index >= 15 is 0 Å². The van der Waals surface area contributed by atoms with Gasteiger partial charge in [-0.25, -0.2) is 4.79 Å². The smallest absolute Gasteiger partial charge is 0.393 e. The fraction of sp³-hybridized carbons (Fsp3) is 0.727. The number of carbonyl (C=O) groups is 1. The van der Waals surface area contributed by atoms with Gasteiger partial charge in [-0.15, -0.1) is 10.2 Å². The van der Waals surface area contributed by atoms with Crippen LogP contribution < -0.4 is 0 Å². The summed E-state index contributed by atoms with van der Waals surface area (Å²) in [5.41, 5.74) is 0. The summed E-state index contributed by atoms with van der Waals surface area (Å²) in [7, 11) is 0. The van der Waals surface area contributed by atoms with Gasteiger partial charge in [0.1, 0.15) is 0 Å². The summed E-state index contributed by atoms with van der Waals surface area (Å²) in [6.45, 7) is 0. The molecule has 0 aromatic carbocycles. The second-order valence-electron chi connectivity index (χ2n) is 4.37. The summed E-state index contributed by atoms with van der Waals surface area (Å²) in [5, 5.41) is 15.9. The van der Waals surface area contributed by atoms with Crippen LogP contribution in [0.1, 0.15) is 55.1 Å². The van der Waals surface area contributed by atoms with E-state index in [1.807, 2.05) is 0 Å². The van der Waals surface area contributed by atoms with Gasteiger partial charge in [-0.3, -0.25) is 0 Å². The molecule has 16 heavy (non-hydrogen) atoms. The highest BCUT2D eigenvalue weighted by Crippen LogP contribution is 2.25. The maximum absolute atomic E-state index is 10.6. The summed E-state index contributed by atoms with van der Waals surface area (Å²) in [6.07, 6.45) is 8.21. The Morgan fingerprint density at radius 3 is 2.50 bits per heavy atom. The molecule has 1 saturated carbocycles. The van der Waals surface area contributed by atoms with Crippen molar-refractivity contribution >= 4 is 5.97 Å². The van der Waals surface area contributed by atoms with Gasteiger partial charge in [0.05, 0.1) is 0 Å². The van der Waals surface area contributed by atoms with Crippen LogP contribution in [0.5, 0.6) is 0 Å². The van der Waals surface area contributed by atoms with Crippen LogP contribution in [0.15, 0.2) is 4.42 Å². The lowest BCUT2D eigenvalue weighted by atomic mass is 9.97. The number of hydrogen-bond donors (Lipinski definition) is 1. The van der Waals surface area contributed by atoms with Gasteiger partial charge in [0.25, 0.3) is 0 Å². The Kier molecular flexibility index (Phi) is 3.54. The van der Waals surface area contributed by atoms with Crippen molar-refractivity contribution in [3.63, 3.8) is 0 Å². The largest absolute Gasteiger partial charge is 0.474 e. The van der Waals surface area contributed by atoms with Crippen molar-refractivity contribution in [2.24, 2.45) is 5.92 Å². The minimum absolute atomic E-state index is 0.302. The Morgan fingerprint density at radius 2 is 1.94 bits per heavy atom. The van der Waals surface area contributed by atoms with E-state index in [1.54, 1.807) is 0 Å². The number of aromatic carboxylic acids is 1. The van der Waals surface area contributed by atoms with E-state index < -0.39 is 5.97 Å². The first-order chi connectivity index (χ1) is 7.75. The van der Waals surface area contributed by atoms with Crippen LogP contribution in [0.4, 0.5) is 0 Å². The van der Waals surface area contributed by atoms with Gasteiger partial charge in [-0.2, -0.15) is 0 Å². The van der Waals surface area contributed by atoms with E-state index in [1.165, 1.54) is 38.5 Å². The summed E-state index contributed by atoms with van der Waals surface area (Å²) in [4.78, 5) is 10.6. The zero-order valence-corrected chi connectivity index (χ0v) is 9.19. The zero-order chi connectivity index (χ0) is 11.4. The lowest BCUT2D eigenvalue weighted by Gasteiger charge is -2.09. The van der Waals surface area contributed by atoms with Crippen LogP contribution in [0.3, 0.4) is 0 Å². The average Bonchev–Trinajstić information content (AvgIpc) is 2.56. The minimum atomic E-state index is -1.15. The topological polar surface area (TPSA) is 76.2 Å². The van der Waals surface area contributed by atoms with E-state index in [0.29, 0.717) is 11.8 Å². The third kappa shape index (κ3) is 2.81.